The van der Waals surface area contributed by atoms with Crippen LogP contribution in [0.3, 0.4) is 0 Å². The van der Waals surface area contributed by atoms with Gasteiger partial charge in [0, 0.05) is 10.8 Å². The molecule has 68 valence electrons. The summed E-state index contributed by atoms with van der Waals surface area (Å²) >= 11 is 1.35. The van der Waals surface area contributed by atoms with Crippen LogP contribution in [0.4, 0.5) is 4.39 Å². The van der Waals surface area contributed by atoms with Gasteiger partial charge in [0.15, 0.2) is 0 Å². The van der Waals surface area contributed by atoms with E-state index in [9.17, 15) is 4.39 Å². The standard InChI is InChI=1S/C10H5FN2S/c11-8-1-2-9-6(4-8)3-7-5-12-14-10(7)13-9/h1-5H. The minimum absolute atomic E-state index is 0.234. The molecule has 14 heavy (non-hydrogen) atoms. The Labute approximate surface area is 83.2 Å². The number of fused-ring (bicyclic) bond motifs is 2. The Morgan fingerprint density at radius 1 is 1.14 bits per heavy atom. The lowest BCUT2D eigenvalue weighted by molar-refractivity contribution is 0.629. The third-order valence-electron chi connectivity index (χ3n) is 2.10. The molecule has 2 aromatic heterocycles. The molecule has 0 spiro atoms. The van der Waals surface area contributed by atoms with Crippen molar-refractivity contribution < 1.29 is 4.39 Å². The lowest BCUT2D eigenvalue weighted by atomic mass is 10.2. The SMILES string of the molecule is Fc1ccc2nc3sncc3cc2c1. The maximum atomic E-state index is 12.9. The highest BCUT2D eigenvalue weighted by atomic mass is 32.1. The minimum atomic E-state index is -0.234. The molecule has 0 N–H and O–H groups in total. The van der Waals surface area contributed by atoms with E-state index in [1.165, 1.54) is 23.7 Å². The van der Waals surface area contributed by atoms with E-state index in [4.69, 9.17) is 0 Å². The summed E-state index contributed by atoms with van der Waals surface area (Å²) in [5.74, 6) is -0.234. The van der Waals surface area contributed by atoms with Crippen molar-refractivity contribution >= 4 is 32.7 Å². The number of rotatable bonds is 0. The first-order chi connectivity index (χ1) is 6.83. The summed E-state index contributed by atoms with van der Waals surface area (Å²) in [7, 11) is 0. The number of halogens is 1. The molecule has 0 aliphatic carbocycles. The Balaban J connectivity index is 2.50. The van der Waals surface area contributed by atoms with Crippen molar-refractivity contribution in [2.24, 2.45) is 0 Å². The van der Waals surface area contributed by atoms with Crippen LogP contribution in [0.15, 0.2) is 30.5 Å². The Bertz CT molecular complexity index is 618. The average molecular weight is 204 g/mol. The molecule has 0 aliphatic rings. The van der Waals surface area contributed by atoms with E-state index in [-0.39, 0.29) is 5.82 Å². The highest BCUT2D eigenvalue weighted by Crippen LogP contribution is 2.22. The monoisotopic (exact) mass is 204 g/mol. The Morgan fingerprint density at radius 2 is 2.07 bits per heavy atom. The Morgan fingerprint density at radius 3 is 3.00 bits per heavy atom. The third kappa shape index (κ3) is 1.08. The van der Waals surface area contributed by atoms with Crippen molar-refractivity contribution in [3.05, 3.63) is 36.3 Å². The molecule has 0 saturated carbocycles. The van der Waals surface area contributed by atoms with Crippen molar-refractivity contribution in [2.45, 2.75) is 0 Å². The lowest BCUT2D eigenvalue weighted by Gasteiger charge is -1.96. The van der Waals surface area contributed by atoms with Crippen LogP contribution >= 0.6 is 11.5 Å². The molecule has 0 aliphatic heterocycles. The molecule has 0 saturated heterocycles. The van der Waals surface area contributed by atoms with Crippen LogP contribution in [0.1, 0.15) is 0 Å². The molecule has 0 fully saturated rings. The second-order valence-corrected chi connectivity index (χ2v) is 3.83. The number of benzene rings is 1. The number of nitrogens with zero attached hydrogens (tertiary/aromatic N) is 2. The van der Waals surface area contributed by atoms with E-state index in [1.54, 1.807) is 12.3 Å². The number of aromatic nitrogens is 2. The molecule has 3 aromatic rings. The first-order valence-corrected chi connectivity index (χ1v) is 4.91. The molecular weight excluding hydrogens is 199 g/mol. The van der Waals surface area contributed by atoms with E-state index in [0.29, 0.717) is 0 Å². The molecule has 0 bridgehead atoms. The third-order valence-corrected chi connectivity index (χ3v) is 2.81. The van der Waals surface area contributed by atoms with Crippen molar-refractivity contribution in [3.63, 3.8) is 0 Å². The van der Waals surface area contributed by atoms with Gasteiger partial charge >= 0.3 is 0 Å². The van der Waals surface area contributed by atoms with Crippen molar-refractivity contribution in [2.75, 3.05) is 0 Å². The molecule has 0 amide bonds. The van der Waals surface area contributed by atoms with E-state index >= 15 is 0 Å². The summed E-state index contributed by atoms with van der Waals surface area (Å²) in [6.07, 6.45) is 1.75. The average Bonchev–Trinajstić information content (AvgIpc) is 2.61. The molecule has 2 nitrogen and oxygen atoms in total. The minimum Gasteiger partial charge on any atom is -0.235 e. The summed E-state index contributed by atoms with van der Waals surface area (Å²) in [6, 6.07) is 6.50. The van der Waals surface area contributed by atoms with Crippen LogP contribution in [0.5, 0.6) is 0 Å². The zero-order chi connectivity index (χ0) is 9.54. The van der Waals surface area contributed by atoms with Gasteiger partial charge in [-0.05, 0) is 35.8 Å². The summed E-state index contributed by atoms with van der Waals surface area (Å²) in [5, 5.41) is 1.78. The molecular formula is C10H5FN2S. The van der Waals surface area contributed by atoms with Gasteiger partial charge in [0.1, 0.15) is 10.6 Å². The maximum Gasteiger partial charge on any atom is 0.144 e. The predicted molar refractivity (Wildman–Crippen MR) is 54.9 cm³/mol. The van der Waals surface area contributed by atoms with Gasteiger partial charge in [0.2, 0.25) is 0 Å². The zero-order valence-electron chi connectivity index (χ0n) is 7.07. The van der Waals surface area contributed by atoms with Crippen molar-refractivity contribution in [1.29, 1.82) is 0 Å². The first kappa shape index (κ1) is 7.82. The maximum absolute atomic E-state index is 12.9. The van der Waals surface area contributed by atoms with Gasteiger partial charge in [0.25, 0.3) is 0 Å². The van der Waals surface area contributed by atoms with Crippen LogP contribution in [0.2, 0.25) is 0 Å². The van der Waals surface area contributed by atoms with Crippen molar-refractivity contribution in [3.8, 4) is 0 Å². The van der Waals surface area contributed by atoms with Crippen molar-refractivity contribution in [1.82, 2.24) is 9.36 Å². The smallest absolute Gasteiger partial charge is 0.144 e. The van der Waals surface area contributed by atoms with Gasteiger partial charge in [-0.25, -0.2) is 9.37 Å². The molecule has 4 heteroatoms. The Kier molecular flexibility index (Phi) is 1.52. The second-order valence-electron chi connectivity index (χ2n) is 3.05. The predicted octanol–water partition coefficient (Wildman–Crippen LogP) is 2.98. The number of hydrogen-bond donors (Lipinski definition) is 0. The van der Waals surface area contributed by atoms with Gasteiger partial charge in [-0.15, -0.1) is 0 Å². The number of hydrogen-bond acceptors (Lipinski definition) is 3. The normalized spacial score (nSPS) is 11.2. The lowest BCUT2D eigenvalue weighted by Crippen LogP contribution is -1.80. The van der Waals surface area contributed by atoms with Crippen LogP contribution in [0, 0.1) is 5.82 Å². The fraction of sp³-hybridized carbons (Fsp3) is 0. The first-order valence-electron chi connectivity index (χ1n) is 4.14. The molecule has 1 aromatic carbocycles. The summed E-state index contributed by atoms with van der Waals surface area (Å²) in [5.41, 5.74) is 0.808. The molecule has 0 atom stereocenters. The van der Waals surface area contributed by atoms with Crippen LogP contribution in [0.25, 0.3) is 21.1 Å². The zero-order valence-corrected chi connectivity index (χ0v) is 7.88. The topological polar surface area (TPSA) is 25.8 Å². The highest BCUT2D eigenvalue weighted by Gasteiger charge is 2.02. The van der Waals surface area contributed by atoms with E-state index in [0.717, 1.165) is 21.1 Å². The molecule has 0 radical (unpaired) electrons. The quantitative estimate of drug-likeness (QED) is 0.562. The number of pyridine rings is 1. The molecule has 0 unspecified atom stereocenters. The van der Waals surface area contributed by atoms with Crippen LogP contribution < -0.4 is 0 Å². The molecule has 3 rings (SSSR count). The summed E-state index contributed by atoms with van der Waals surface area (Å²) in [6.45, 7) is 0. The van der Waals surface area contributed by atoms with Crippen LogP contribution in [-0.2, 0) is 0 Å². The fourth-order valence-electron chi connectivity index (χ4n) is 1.44. The fourth-order valence-corrected chi connectivity index (χ4v) is 2.07. The largest absolute Gasteiger partial charge is 0.235 e. The van der Waals surface area contributed by atoms with Gasteiger partial charge in [-0.3, -0.25) is 0 Å². The van der Waals surface area contributed by atoms with Gasteiger partial charge in [-0.2, -0.15) is 4.37 Å². The molecule has 2 heterocycles. The summed E-state index contributed by atoms with van der Waals surface area (Å²) in [4.78, 5) is 5.26. The van der Waals surface area contributed by atoms with E-state index in [1.807, 2.05) is 6.07 Å². The van der Waals surface area contributed by atoms with Gasteiger partial charge in [-0.1, -0.05) is 0 Å². The van der Waals surface area contributed by atoms with E-state index < -0.39 is 0 Å². The summed E-state index contributed by atoms with van der Waals surface area (Å²) < 4.78 is 17.0. The van der Waals surface area contributed by atoms with E-state index in [2.05, 4.69) is 9.36 Å². The Hall–Kier alpha value is -1.55. The van der Waals surface area contributed by atoms with Gasteiger partial charge in [0.05, 0.1) is 11.7 Å². The van der Waals surface area contributed by atoms with Crippen LogP contribution in [-0.4, -0.2) is 9.36 Å². The second kappa shape index (κ2) is 2.72. The highest BCUT2D eigenvalue weighted by molar-refractivity contribution is 7.12. The van der Waals surface area contributed by atoms with Gasteiger partial charge < -0.3 is 0 Å².